The Morgan fingerprint density at radius 1 is 1.26 bits per heavy atom. The van der Waals surface area contributed by atoms with Gasteiger partial charge in [-0.1, -0.05) is 19.1 Å². The summed E-state index contributed by atoms with van der Waals surface area (Å²) >= 11 is 0. The number of hydrogen-bond donors (Lipinski definition) is 2. The maximum Gasteiger partial charge on any atom is 0.335 e. The Morgan fingerprint density at radius 2 is 1.84 bits per heavy atom. The third-order valence-electron chi connectivity index (χ3n) is 3.78. The molecule has 104 valence electrons. The number of aliphatic hydroxyl groups is 1. The van der Waals surface area contributed by atoms with E-state index in [-0.39, 0.29) is 11.5 Å². The molecule has 0 bridgehead atoms. The number of hydrogen-bond acceptors (Lipinski definition) is 3. The van der Waals surface area contributed by atoms with E-state index in [0.717, 1.165) is 25.2 Å². The van der Waals surface area contributed by atoms with Gasteiger partial charge in [-0.15, -0.1) is 0 Å². The summed E-state index contributed by atoms with van der Waals surface area (Å²) in [5, 5.41) is 19.1. The average molecular weight is 263 g/mol. The molecule has 1 aromatic rings. The van der Waals surface area contributed by atoms with Gasteiger partial charge < -0.3 is 15.1 Å². The van der Waals surface area contributed by atoms with Crippen molar-refractivity contribution < 1.29 is 15.0 Å². The fourth-order valence-electron chi connectivity index (χ4n) is 2.62. The van der Waals surface area contributed by atoms with Gasteiger partial charge in [0.1, 0.15) is 0 Å². The van der Waals surface area contributed by atoms with E-state index in [1.165, 1.54) is 12.8 Å². The molecule has 0 spiro atoms. The molecule has 0 radical (unpaired) electrons. The minimum Gasteiger partial charge on any atom is -0.478 e. The summed E-state index contributed by atoms with van der Waals surface area (Å²) in [6, 6.07) is 6.50. The molecular formula is C15H21NO3. The van der Waals surface area contributed by atoms with Crippen LogP contribution in [0.5, 0.6) is 0 Å². The van der Waals surface area contributed by atoms with Crippen LogP contribution in [0, 0.1) is 5.92 Å². The number of likely N-dealkylation sites (tertiary alicyclic amines) is 1. The monoisotopic (exact) mass is 263 g/mol. The van der Waals surface area contributed by atoms with Crippen LogP contribution in [0.3, 0.4) is 0 Å². The second-order valence-corrected chi connectivity index (χ2v) is 5.36. The summed E-state index contributed by atoms with van der Waals surface area (Å²) in [6.45, 7) is 5.17. The third kappa shape index (κ3) is 3.55. The number of carboxylic acid groups (broad SMARTS) is 1. The summed E-state index contributed by atoms with van der Waals surface area (Å²) in [4.78, 5) is 13.2. The number of carbonyl (C=O) groups is 1. The van der Waals surface area contributed by atoms with Crippen molar-refractivity contribution in [3.63, 3.8) is 0 Å². The van der Waals surface area contributed by atoms with Crippen molar-refractivity contribution in [2.24, 2.45) is 5.92 Å². The van der Waals surface area contributed by atoms with Crippen molar-refractivity contribution in [3.8, 4) is 0 Å². The number of rotatable bonds is 5. The van der Waals surface area contributed by atoms with Gasteiger partial charge in [-0.05, 0) is 49.5 Å². The van der Waals surface area contributed by atoms with Gasteiger partial charge in [-0.3, -0.25) is 0 Å². The van der Waals surface area contributed by atoms with Crippen molar-refractivity contribution in [2.45, 2.75) is 25.9 Å². The molecule has 0 aromatic heterocycles. The van der Waals surface area contributed by atoms with Crippen LogP contribution in [0.25, 0.3) is 0 Å². The molecule has 1 heterocycles. The first-order chi connectivity index (χ1) is 9.08. The largest absolute Gasteiger partial charge is 0.478 e. The third-order valence-corrected chi connectivity index (χ3v) is 3.78. The quantitative estimate of drug-likeness (QED) is 0.854. The minimum atomic E-state index is -0.939. The summed E-state index contributed by atoms with van der Waals surface area (Å²) in [7, 11) is 0. The highest BCUT2D eigenvalue weighted by Crippen LogP contribution is 2.24. The normalized spacial score (nSPS) is 19.3. The molecule has 1 aliphatic rings. The molecule has 0 unspecified atom stereocenters. The van der Waals surface area contributed by atoms with Crippen molar-refractivity contribution in [3.05, 3.63) is 35.4 Å². The maximum atomic E-state index is 10.8. The highest BCUT2D eigenvalue weighted by atomic mass is 16.4. The highest BCUT2D eigenvalue weighted by Gasteiger charge is 2.21. The van der Waals surface area contributed by atoms with E-state index in [1.54, 1.807) is 24.3 Å². The van der Waals surface area contributed by atoms with Gasteiger partial charge in [-0.2, -0.15) is 0 Å². The first kappa shape index (κ1) is 14.0. The van der Waals surface area contributed by atoms with Gasteiger partial charge in [0.25, 0.3) is 0 Å². The van der Waals surface area contributed by atoms with Crippen LogP contribution in [0.15, 0.2) is 24.3 Å². The number of nitrogens with zero attached hydrogens (tertiary/aromatic N) is 1. The fraction of sp³-hybridized carbons (Fsp3) is 0.533. The number of aromatic carboxylic acids is 1. The van der Waals surface area contributed by atoms with Gasteiger partial charge in [0, 0.05) is 6.54 Å². The van der Waals surface area contributed by atoms with Gasteiger partial charge in [0.2, 0.25) is 0 Å². The fourth-order valence-corrected chi connectivity index (χ4v) is 2.62. The van der Waals surface area contributed by atoms with Crippen LogP contribution in [-0.4, -0.2) is 40.7 Å². The number of carboxylic acids is 1. The Balaban J connectivity index is 1.97. The van der Waals surface area contributed by atoms with E-state index in [4.69, 9.17) is 5.11 Å². The predicted octanol–water partition coefficient (Wildman–Crippen LogP) is 2.15. The van der Waals surface area contributed by atoms with E-state index in [9.17, 15) is 9.90 Å². The topological polar surface area (TPSA) is 60.8 Å². The minimum absolute atomic E-state index is 0.147. The first-order valence-corrected chi connectivity index (χ1v) is 6.81. The molecule has 0 saturated carbocycles. The second kappa shape index (κ2) is 6.17. The van der Waals surface area contributed by atoms with Crippen LogP contribution < -0.4 is 0 Å². The van der Waals surface area contributed by atoms with E-state index in [1.807, 2.05) is 6.92 Å². The molecule has 0 amide bonds. The van der Waals surface area contributed by atoms with E-state index in [0.29, 0.717) is 0 Å². The average Bonchev–Trinajstić information content (AvgIpc) is 2.90. The molecule has 1 aromatic carbocycles. The van der Waals surface area contributed by atoms with Crippen molar-refractivity contribution in [2.75, 3.05) is 19.6 Å². The molecule has 2 rings (SSSR count). The standard InChI is InChI=1S/C15H21NO3/c1-11(10-16-8-2-3-9-16)14(17)12-4-6-13(7-5-12)15(18)19/h4-7,11,14,17H,2-3,8-10H2,1H3,(H,18,19)/t11-,14-/m0/s1. The highest BCUT2D eigenvalue weighted by molar-refractivity contribution is 5.87. The number of aliphatic hydroxyl groups excluding tert-OH is 1. The summed E-state index contributed by atoms with van der Waals surface area (Å²) in [5.74, 6) is -0.792. The Bertz CT molecular complexity index is 424. The molecule has 0 aliphatic carbocycles. The SMILES string of the molecule is C[C@@H](CN1CCCC1)[C@H](O)c1ccc(C(=O)O)cc1. The Kier molecular flexibility index (Phi) is 4.56. The zero-order chi connectivity index (χ0) is 13.8. The summed E-state index contributed by atoms with van der Waals surface area (Å²) < 4.78 is 0. The summed E-state index contributed by atoms with van der Waals surface area (Å²) in [5.41, 5.74) is 1.04. The van der Waals surface area contributed by atoms with Crippen LogP contribution in [-0.2, 0) is 0 Å². The Morgan fingerprint density at radius 3 is 2.37 bits per heavy atom. The molecule has 1 fully saturated rings. The predicted molar refractivity (Wildman–Crippen MR) is 73.2 cm³/mol. The van der Waals surface area contributed by atoms with E-state index in [2.05, 4.69) is 4.90 Å². The molecular weight excluding hydrogens is 242 g/mol. The van der Waals surface area contributed by atoms with Crippen LogP contribution >= 0.6 is 0 Å². The van der Waals surface area contributed by atoms with Gasteiger partial charge >= 0.3 is 5.97 Å². The Hall–Kier alpha value is -1.39. The molecule has 4 nitrogen and oxygen atoms in total. The second-order valence-electron chi connectivity index (χ2n) is 5.36. The van der Waals surface area contributed by atoms with E-state index >= 15 is 0 Å². The smallest absolute Gasteiger partial charge is 0.335 e. The van der Waals surface area contributed by atoms with Crippen LogP contribution in [0.2, 0.25) is 0 Å². The first-order valence-electron chi connectivity index (χ1n) is 6.81. The molecule has 2 atom stereocenters. The lowest BCUT2D eigenvalue weighted by atomic mass is 9.96. The van der Waals surface area contributed by atoms with Crippen molar-refractivity contribution >= 4 is 5.97 Å². The zero-order valence-electron chi connectivity index (χ0n) is 11.2. The van der Waals surface area contributed by atoms with Gasteiger partial charge in [0.15, 0.2) is 0 Å². The molecule has 1 saturated heterocycles. The molecule has 4 heteroatoms. The van der Waals surface area contributed by atoms with Crippen LogP contribution in [0.4, 0.5) is 0 Å². The van der Waals surface area contributed by atoms with Gasteiger partial charge in [0.05, 0.1) is 11.7 Å². The number of benzene rings is 1. The molecule has 1 aliphatic heterocycles. The lowest BCUT2D eigenvalue weighted by molar-refractivity contribution is 0.0696. The zero-order valence-corrected chi connectivity index (χ0v) is 11.2. The summed E-state index contributed by atoms with van der Waals surface area (Å²) in [6.07, 6.45) is 1.95. The Labute approximate surface area is 113 Å². The van der Waals surface area contributed by atoms with Crippen LogP contribution in [0.1, 0.15) is 41.8 Å². The molecule has 2 N–H and O–H groups in total. The van der Waals surface area contributed by atoms with Crippen molar-refractivity contribution in [1.82, 2.24) is 4.90 Å². The maximum absolute atomic E-state index is 10.8. The van der Waals surface area contributed by atoms with Crippen molar-refractivity contribution in [1.29, 1.82) is 0 Å². The lowest BCUT2D eigenvalue weighted by Gasteiger charge is -2.24. The van der Waals surface area contributed by atoms with Gasteiger partial charge in [-0.25, -0.2) is 4.79 Å². The lowest BCUT2D eigenvalue weighted by Crippen LogP contribution is -2.28. The van der Waals surface area contributed by atoms with E-state index < -0.39 is 12.1 Å². The molecule has 19 heavy (non-hydrogen) atoms.